The maximum atomic E-state index is 12.4. The number of carbonyl (C=O) groups excluding carboxylic acids is 1. The Kier molecular flexibility index (Phi) is 3.25. The third kappa shape index (κ3) is 1.69. The second kappa shape index (κ2) is 4.88. The van der Waals surface area contributed by atoms with Crippen molar-refractivity contribution in [3.05, 3.63) is 17.8 Å². The first kappa shape index (κ1) is 16.6. The van der Waals surface area contributed by atoms with Gasteiger partial charge in [-0.05, 0) is 6.92 Å². The van der Waals surface area contributed by atoms with E-state index in [0.717, 1.165) is 0 Å². The molecule has 2 aromatic heterocycles. The first-order valence-electron chi connectivity index (χ1n) is 7.92. The van der Waals surface area contributed by atoms with E-state index >= 15 is 0 Å². The van der Waals surface area contributed by atoms with Gasteiger partial charge in [0.2, 0.25) is 0 Å². The molecule has 10 heteroatoms. The Labute approximate surface area is 148 Å². The van der Waals surface area contributed by atoms with Gasteiger partial charge in [0.25, 0.3) is 5.91 Å². The number of fused-ring (bicyclic) bond motifs is 2. The lowest BCUT2D eigenvalue weighted by Crippen LogP contribution is -2.46. The van der Waals surface area contributed by atoms with E-state index in [0.29, 0.717) is 17.7 Å². The number of halogens is 1. The first-order valence-corrected chi connectivity index (χ1v) is 8.30. The lowest BCUT2D eigenvalue weighted by atomic mass is 10.0. The highest BCUT2D eigenvalue weighted by molar-refractivity contribution is 6.33. The molecule has 2 aromatic rings. The number of nitrogens with one attached hydrogen (secondary N) is 1. The van der Waals surface area contributed by atoms with Gasteiger partial charge in [0.05, 0.1) is 6.33 Å². The van der Waals surface area contributed by atoms with Crippen LogP contribution in [-0.4, -0.2) is 59.5 Å². The first-order chi connectivity index (χ1) is 11.7. The molecule has 9 nitrogen and oxygen atoms in total. The molecule has 3 heterocycles. The fourth-order valence-electron chi connectivity index (χ4n) is 4.03. The number of rotatable bonds is 3. The van der Waals surface area contributed by atoms with Crippen molar-refractivity contribution in [3.63, 3.8) is 0 Å². The number of nitrogens with zero attached hydrogens (tertiary/aromatic N) is 4. The molecule has 25 heavy (non-hydrogen) atoms. The van der Waals surface area contributed by atoms with Crippen LogP contribution in [-0.2, 0) is 9.53 Å². The minimum absolute atomic E-state index is 0.166. The number of carbonyl (C=O) groups is 1. The monoisotopic (exact) mass is 367 g/mol. The van der Waals surface area contributed by atoms with Crippen LogP contribution in [0.3, 0.4) is 0 Å². The molecular formula is C15H18ClN5O4. The standard InChI is InChI=1S/C15H18ClN5O4/c1-4-17-11(22)8-14(23)13(2,3)15(14,24)12(25-8)21-6-20-7-9(16)18-5-19-10(7)21/h5-6,8,12,23-24H,4H2,1-3H3,(H,17,22)/t8-,12-,14-,15+/m1/s1. The van der Waals surface area contributed by atoms with E-state index in [4.69, 9.17) is 16.3 Å². The molecule has 4 rings (SSSR count). The summed E-state index contributed by atoms with van der Waals surface area (Å²) >= 11 is 6.02. The van der Waals surface area contributed by atoms with Crippen molar-refractivity contribution >= 4 is 28.7 Å². The Hall–Kier alpha value is -1.81. The number of likely N-dealkylation sites (N-methyl/N-ethyl adjacent to an activating group) is 1. The molecule has 0 aromatic carbocycles. The molecule has 3 N–H and O–H groups in total. The Bertz CT molecular complexity index is 886. The van der Waals surface area contributed by atoms with E-state index in [-0.39, 0.29) is 5.15 Å². The smallest absolute Gasteiger partial charge is 0.252 e. The van der Waals surface area contributed by atoms with Gasteiger partial charge in [-0.1, -0.05) is 25.4 Å². The van der Waals surface area contributed by atoms with E-state index in [1.54, 1.807) is 20.8 Å². The highest BCUT2D eigenvalue weighted by Crippen LogP contribution is 2.75. The number of aromatic nitrogens is 4. The molecule has 2 aliphatic rings. The maximum Gasteiger partial charge on any atom is 0.252 e. The van der Waals surface area contributed by atoms with E-state index in [1.807, 2.05) is 0 Å². The molecule has 1 aliphatic carbocycles. The minimum Gasteiger partial charge on any atom is -0.383 e. The normalized spacial score (nSPS) is 35.6. The van der Waals surface area contributed by atoms with Gasteiger partial charge in [-0.25, -0.2) is 15.0 Å². The van der Waals surface area contributed by atoms with Crippen molar-refractivity contribution in [2.24, 2.45) is 5.41 Å². The largest absolute Gasteiger partial charge is 0.383 e. The predicted molar refractivity (Wildman–Crippen MR) is 86.6 cm³/mol. The maximum absolute atomic E-state index is 12.4. The second-order valence-electron chi connectivity index (χ2n) is 6.91. The lowest BCUT2D eigenvalue weighted by Gasteiger charge is -2.27. The third-order valence-corrected chi connectivity index (χ3v) is 5.86. The van der Waals surface area contributed by atoms with Gasteiger partial charge in [-0.15, -0.1) is 0 Å². The Balaban J connectivity index is 1.83. The van der Waals surface area contributed by atoms with Gasteiger partial charge in [0.15, 0.2) is 23.1 Å². The Morgan fingerprint density at radius 1 is 1.36 bits per heavy atom. The number of ether oxygens (including phenoxy) is 1. The average Bonchev–Trinajstić information content (AvgIpc) is 2.94. The van der Waals surface area contributed by atoms with Gasteiger partial charge in [-0.2, -0.15) is 0 Å². The number of hydrogen-bond donors (Lipinski definition) is 3. The van der Waals surface area contributed by atoms with Crippen LogP contribution in [0.2, 0.25) is 5.15 Å². The van der Waals surface area contributed by atoms with Crippen LogP contribution < -0.4 is 5.32 Å². The van der Waals surface area contributed by atoms with Crippen molar-refractivity contribution in [2.75, 3.05) is 6.54 Å². The zero-order valence-corrected chi connectivity index (χ0v) is 14.7. The molecule has 1 aliphatic heterocycles. The number of imidazole rings is 1. The molecule has 0 unspecified atom stereocenters. The van der Waals surface area contributed by atoms with E-state index < -0.39 is 34.9 Å². The molecular weight excluding hydrogens is 350 g/mol. The lowest BCUT2D eigenvalue weighted by molar-refractivity contribution is -0.151. The molecule has 0 radical (unpaired) electrons. The summed E-state index contributed by atoms with van der Waals surface area (Å²) < 4.78 is 7.25. The van der Waals surface area contributed by atoms with Crippen LogP contribution in [0, 0.1) is 5.41 Å². The number of aliphatic hydroxyl groups is 2. The second-order valence-corrected chi connectivity index (χ2v) is 7.27. The van der Waals surface area contributed by atoms with Crippen molar-refractivity contribution in [3.8, 4) is 0 Å². The predicted octanol–water partition coefficient (Wildman–Crippen LogP) is 0.0152. The Morgan fingerprint density at radius 2 is 2.08 bits per heavy atom. The summed E-state index contributed by atoms with van der Waals surface area (Å²) in [6.45, 7) is 5.53. The van der Waals surface area contributed by atoms with Crippen LogP contribution in [0.1, 0.15) is 27.0 Å². The van der Waals surface area contributed by atoms with Crippen molar-refractivity contribution in [1.29, 1.82) is 0 Å². The highest BCUT2D eigenvalue weighted by atomic mass is 35.5. The SMILES string of the molecule is CCNC(=O)[C@H]1O[C@@H](n2cnc3c(Cl)ncnc32)[C@]2(O)C(C)(C)[C@]12O. The van der Waals surface area contributed by atoms with Gasteiger partial charge >= 0.3 is 0 Å². The molecule has 1 amide bonds. The molecule has 2 fully saturated rings. The highest BCUT2D eigenvalue weighted by Gasteiger charge is 2.93. The zero-order chi connectivity index (χ0) is 18.2. The summed E-state index contributed by atoms with van der Waals surface area (Å²) in [5.41, 5.74) is -3.68. The van der Waals surface area contributed by atoms with E-state index in [2.05, 4.69) is 20.3 Å². The van der Waals surface area contributed by atoms with Crippen LogP contribution in [0.5, 0.6) is 0 Å². The van der Waals surface area contributed by atoms with Crippen LogP contribution >= 0.6 is 11.6 Å². The number of hydrogen-bond acceptors (Lipinski definition) is 7. The summed E-state index contributed by atoms with van der Waals surface area (Å²) in [6, 6.07) is 0. The summed E-state index contributed by atoms with van der Waals surface area (Å²) in [7, 11) is 0. The number of amides is 1. The van der Waals surface area contributed by atoms with E-state index in [1.165, 1.54) is 17.2 Å². The van der Waals surface area contributed by atoms with Crippen LogP contribution in [0.15, 0.2) is 12.7 Å². The molecule has 4 atom stereocenters. The van der Waals surface area contributed by atoms with Crippen molar-refractivity contribution in [2.45, 2.75) is 44.3 Å². The Morgan fingerprint density at radius 3 is 2.76 bits per heavy atom. The van der Waals surface area contributed by atoms with Crippen molar-refractivity contribution < 1.29 is 19.7 Å². The quantitative estimate of drug-likeness (QED) is 0.653. The molecule has 1 saturated heterocycles. The molecule has 134 valence electrons. The van der Waals surface area contributed by atoms with Gasteiger partial charge in [0.1, 0.15) is 23.0 Å². The molecule has 0 bridgehead atoms. The molecule has 1 saturated carbocycles. The summed E-state index contributed by atoms with van der Waals surface area (Å²) in [5, 5.41) is 25.1. The summed E-state index contributed by atoms with van der Waals surface area (Å²) in [5.74, 6) is -0.478. The molecule has 0 spiro atoms. The zero-order valence-electron chi connectivity index (χ0n) is 13.9. The topological polar surface area (TPSA) is 122 Å². The van der Waals surface area contributed by atoms with Crippen LogP contribution in [0.4, 0.5) is 0 Å². The van der Waals surface area contributed by atoms with Crippen molar-refractivity contribution in [1.82, 2.24) is 24.8 Å². The van der Waals surface area contributed by atoms with Gasteiger partial charge < -0.3 is 20.3 Å². The fourth-order valence-corrected chi connectivity index (χ4v) is 4.20. The average molecular weight is 368 g/mol. The third-order valence-electron chi connectivity index (χ3n) is 5.58. The summed E-state index contributed by atoms with van der Waals surface area (Å²) in [6.07, 6.45) is 0.416. The van der Waals surface area contributed by atoms with Crippen LogP contribution in [0.25, 0.3) is 11.2 Å². The minimum atomic E-state index is -1.72. The van der Waals surface area contributed by atoms with Gasteiger partial charge in [0, 0.05) is 12.0 Å². The fraction of sp³-hybridized carbons (Fsp3) is 0.600. The summed E-state index contributed by atoms with van der Waals surface area (Å²) in [4.78, 5) is 24.5. The van der Waals surface area contributed by atoms with Gasteiger partial charge in [-0.3, -0.25) is 9.36 Å². The van der Waals surface area contributed by atoms with E-state index in [9.17, 15) is 15.0 Å².